The first-order valence-corrected chi connectivity index (χ1v) is 10.8. The molecule has 6 nitrogen and oxygen atoms in total. The van der Waals surface area contributed by atoms with E-state index in [1.807, 2.05) is 31.2 Å². The standard InChI is InChI=1S/C21H23N3O3S/c1-16-7-9-17(10-8-16)28(26,27)24-12-4-11-23(13-14-24)21(25)19-15-22-20-6-3-2-5-18(19)20/h2-3,5-10,15,22H,4,11-14H2,1H3. The average molecular weight is 398 g/mol. The molecule has 3 aromatic rings. The molecule has 2 heterocycles. The molecule has 1 aromatic heterocycles. The van der Waals surface area contributed by atoms with Gasteiger partial charge in [0.15, 0.2) is 0 Å². The molecule has 1 N–H and O–H groups in total. The quantitative estimate of drug-likeness (QED) is 0.738. The van der Waals surface area contributed by atoms with Gasteiger partial charge in [-0.05, 0) is 31.5 Å². The van der Waals surface area contributed by atoms with Crippen molar-refractivity contribution < 1.29 is 13.2 Å². The van der Waals surface area contributed by atoms with Crippen molar-refractivity contribution in [1.82, 2.24) is 14.2 Å². The Bertz CT molecular complexity index is 1100. The van der Waals surface area contributed by atoms with Crippen LogP contribution in [0.4, 0.5) is 0 Å². The number of aryl methyl sites for hydroxylation is 1. The molecule has 28 heavy (non-hydrogen) atoms. The number of hydrogen-bond acceptors (Lipinski definition) is 3. The van der Waals surface area contributed by atoms with Crippen molar-refractivity contribution in [1.29, 1.82) is 0 Å². The third-order valence-corrected chi connectivity index (χ3v) is 7.13. The van der Waals surface area contributed by atoms with Crippen LogP contribution in [-0.4, -0.2) is 54.7 Å². The Labute approximate surface area is 164 Å². The van der Waals surface area contributed by atoms with E-state index in [2.05, 4.69) is 4.98 Å². The smallest absolute Gasteiger partial charge is 0.256 e. The summed E-state index contributed by atoms with van der Waals surface area (Å²) in [7, 11) is -3.55. The van der Waals surface area contributed by atoms with Gasteiger partial charge in [0.2, 0.25) is 10.0 Å². The van der Waals surface area contributed by atoms with Crippen LogP contribution in [-0.2, 0) is 10.0 Å². The zero-order chi connectivity index (χ0) is 19.7. The van der Waals surface area contributed by atoms with Crippen LogP contribution >= 0.6 is 0 Å². The van der Waals surface area contributed by atoms with Crippen LogP contribution in [0.5, 0.6) is 0 Å². The summed E-state index contributed by atoms with van der Waals surface area (Å²) < 4.78 is 27.4. The Hall–Kier alpha value is -2.64. The van der Waals surface area contributed by atoms with Gasteiger partial charge in [-0.15, -0.1) is 0 Å². The first-order valence-electron chi connectivity index (χ1n) is 9.39. The van der Waals surface area contributed by atoms with Crippen molar-refractivity contribution >= 4 is 26.8 Å². The molecule has 0 aliphatic carbocycles. The number of para-hydroxylation sites is 1. The molecule has 0 unspecified atom stereocenters. The summed E-state index contributed by atoms with van der Waals surface area (Å²) in [5.74, 6) is -0.0629. The number of aromatic amines is 1. The van der Waals surface area contributed by atoms with E-state index >= 15 is 0 Å². The number of carbonyl (C=O) groups is 1. The average Bonchev–Trinajstić information content (AvgIpc) is 2.96. The molecule has 1 aliphatic rings. The molecule has 1 saturated heterocycles. The fourth-order valence-electron chi connectivity index (χ4n) is 3.62. The summed E-state index contributed by atoms with van der Waals surface area (Å²) in [6.07, 6.45) is 2.35. The molecule has 0 spiro atoms. The fraction of sp³-hybridized carbons (Fsp3) is 0.286. The SMILES string of the molecule is Cc1ccc(S(=O)(=O)N2CCCN(C(=O)c3c[nH]c4ccccc34)CC2)cc1. The monoisotopic (exact) mass is 397 g/mol. The number of H-pyrrole nitrogens is 1. The Morgan fingerprint density at radius 3 is 2.50 bits per heavy atom. The molecule has 1 amide bonds. The maximum Gasteiger partial charge on any atom is 0.256 e. The largest absolute Gasteiger partial charge is 0.360 e. The number of amides is 1. The lowest BCUT2D eigenvalue weighted by Crippen LogP contribution is -2.37. The van der Waals surface area contributed by atoms with Gasteiger partial charge in [0.05, 0.1) is 10.5 Å². The van der Waals surface area contributed by atoms with Crippen molar-refractivity contribution in [3.63, 3.8) is 0 Å². The normalized spacial score (nSPS) is 16.2. The second-order valence-electron chi connectivity index (χ2n) is 7.11. The first-order chi connectivity index (χ1) is 13.5. The van der Waals surface area contributed by atoms with Crippen molar-refractivity contribution in [3.8, 4) is 0 Å². The molecular formula is C21H23N3O3S. The molecule has 4 rings (SSSR count). The van der Waals surface area contributed by atoms with Gasteiger partial charge in [0.25, 0.3) is 5.91 Å². The minimum absolute atomic E-state index is 0.0629. The summed E-state index contributed by atoms with van der Waals surface area (Å²) in [4.78, 5) is 18.2. The van der Waals surface area contributed by atoms with Crippen molar-refractivity contribution in [3.05, 3.63) is 65.9 Å². The number of fused-ring (bicyclic) bond motifs is 1. The van der Waals surface area contributed by atoms with Gasteiger partial charge < -0.3 is 9.88 Å². The van der Waals surface area contributed by atoms with Crippen molar-refractivity contribution in [2.24, 2.45) is 0 Å². The van der Waals surface area contributed by atoms with Crippen LogP contribution in [0, 0.1) is 6.92 Å². The van der Waals surface area contributed by atoms with Gasteiger partial charge in [-0.2, -0.15) is 4.31 Å². The van der Waals surface area contributed by atoms with E-state index in [4.69, 9.17) is 0 Å². The lowest BCUT2D eigenvalue weighted by atomic mass is 10.1. The van der Waals surface area contributed by atoms with Crippen LogP contribution < -0.4 is 0 Å². The predicted molar refractivity (Wildman–Crippen MR) is 109 cm³/mol. The van der Waals surface area contributed by atoms with E-state index in [0.717, 1.165) is 16.5 Å². The van der Waals surface area contributed by atoms with Crippen LogP contribution in [0.3, 0.4) is 0 Å². The molecule has 1 aliphatic heterocycles. The molecule has 0 atom stereocenters. The highest BCUT2D eigenvalue weighted by Crippen LogP contribution is 2.22. The van der Waals surface area contributed by atoms with Crippen molar-refractivity contribution in [2.75, 3.05) is 26.2 Å². The maximum atomic E-state index is 13.0. The highest BCUT2D eigenvalue weighted by Gasteiger charge is 2.29. The van der Waals surface area contributed by atoms with Gasteiger partial charge in [-0.3, -0.25) is 4.79 Å². The Kier molecular flexibility index (Phi) is 4.95. The molecule has 1 fully saturated rings. The topological polar surface area (TPSA) is 73.5 Å². The predicted octanol–water partition coefficient (Wildman–Crippen LogP) is 3.01. The first kappa shape index (κ1) is 18.7. The lowest BCUT2D eigenvalue weighted by Gasteiger charge is -2.22. The zero-order valence-corrected chi connectivity index (χ0v) is 16.6. The molecular weight excluding hydrogens is 374 g/mol. The number of benzene rings is 2. The van der Waals surface area contributed by atoms with Gasteiger partial charge in [-0.25, -0.2) is 8.42 Å². The van der Waals surface area contributed by atoms with Gasteiger partial charge in [0, 0.05) is 43.3 Å². The fourth-order valence-corrected chi connectivity index (χ4v) is 5.08. The van der Waals surface area contributed by atoms with E-state index < -0.39 is 10.0 Å². The molecule has 0 radical (unpaired) electrons. The summed E-state index contributed by atoms with van der Waals surface area (Å²) in [5, 5.41) is 0.890. The molecule has 7 heteroatoms. The number of hydrogen-bond donors (Lipinski definition) is 1. The maximum absolute atomic E-state index is 13.0. The number of aromatic nitrogens is 1. The highest BCUT2D eigenvalue weighted by atomic mass is 32.2. The Balaban J connectivity index is 1.52. The minimum atomic E-state index is -3.55. The third kappa shape index (κ3) is 3.43. The zero-order valence-electron chi connectivity index (χ0n) is 15.8. The number of nitrogens with one attached hydrogen (secondary N) is 1. The summed E-state index contributed by atoms with van der Waals surface area (Å²) in [6.45, 7) is 3.55. The Morgan fingerprint density at radius 2 is 1.71 bits per heavy atom. The minimum Gasteiger partial charge on any atom is -0.360 e. The van der Waals surface area contributed by atoms with E-state index in [1.54, 1.807) is 35.4 Å². The number of sulfonamides is 1. The van der Waals surface area contributed by atoms with Gasteiger partial charge in [-0.1, -0.05) is 35.9 Å². The van der Waals surface area contributed by atoms with Crippen molar-refractivity contribution in [2.45, 2.75) is 18.2 Å². The van der Waals surface area contributed by atoms with E-state index in [1.165, 1.54) is 4.31 Å². The van der Waals surface area contributed by atoms with E-state index in [-0.39, 0.29) is 5.91 Å². The molecule has 0 bridgehead atoms. The molecule has 146 valence electrons. The van der Waals surface area contributed by atoms with Gasteiger partial charge in [0.1, 0.15) is 0 Å². The highest BCUT2D eigenvalue weighted by molar-refractivity contribution is 7.89. The summed E-state index contributed by atoms with van der Waals surface area (Å²) in [5.41, 5.74) is 2.57. The molecule has 0 saturated carbocycles. The number of rotatable bonds is 3. The van der Waals surface area contributed by atoms with E-state index in [9.17, 15) is 13.2 Å². The Morgan fingerprint density at radius 1 is 0.964 bits per heavy atom. The lowest BCUT2D eigenvalue weighted by molar-refractivity contribution is 0.0766. The van der Waals surface area contributed by atoms with E-state index in [0.29, 0.717) is 43.1 Å². The van der Waals surface area contributed by atoms with Crippen LogP contribution in [0.1, 0.15) is 22.3 Å². The second kappa shape index (κ2) is 7.41. The van der Waals surface area contributed by atoms with Gasteiger partial charge >= 0.3 is 0 Å². The number of carbonyl (C=O) groups excluding carboxylic acids is 1. The summed E-state index contributed by atoms with van der Waals surface area (Å²) in [6, 6.07) is 14.6. The summed E-state index contributed by atoms with van der Waals surface area (Å²) >= 11 is 0. The number of nitrogens with zero attached hydrogens (tertiary/aromatic N) is 2. The van der Waals surface area contributed by atoms with Crippen LogP contribution in [0.15, 0.2) is 59.6 Å². The van der Waals surface area contributed by atoms with Crippen LogP contribution in [0.2, 0.25) is 0 Å². The molecule has 2 aromatic carbocycles. The third-order valence-electron chi connectivity index (χ3n) is 5.22. The van der Waals surface area contributed by atoms with Crippen LogP contribution in [0.25, 0.3) is 10.9 Å². The second-order valence-corrected chi connectivity index (χ2v) is 9.05.